The van der Waals surface area contributed by atoms with Gasteiger partial charge in [0.2, 0.25) is 0 Å². The molecule has 0 aliphatic carbocycles. The van der Waals surface area contributed by atoms with Crippen molar-refractivity contribution in [2.45, 2.75) is 33.0 Å². The van der Waals surface area contributed by atoms with Crippen molar-refractivity contribution in [1.82, 2.24) is 19.9 Å². The number of rotatable bonds is 2. The predicted molar refractivity (Wildman–Crippen MR) is 71.5 cm³/mol. The Kier molecular flexibility index (Phi) is 3.42. The van der Waals surface area contributed by atoms with Gasteiger partial charge in [0, 0.05) is 7.05 Å². The van der Waals surface area contributed by atoms with Gasteiger partial charge < -0.3 is 4.74 Å². The van der Waals surface area contributed by atoms with E-state index in [1.54, 1.807) is 11.7 Å². The summed E-state index contributed by atoms with van der Waals surface area (Å²) in [4.78, 5) is 13.3. The van der Waals surface area contributed by atoms with Crippen LogP contribution >= 0.6 is 0 Å². The van der Waals surface area contributed by atoms with Gasteiger partial charge in [0.25, 0.3) is 0 Å². The van der Waals surface area contributed by atoms with E-state index in [4.69, 9.17) is 4.74 Å². The van der Waals surface area contributed by atoms with Crippen LogP contribution in [0.1, 0.15) is 20.8 Å². The molecule has 1 aromatic carbocycles. The van der Waals surface area contributed by atoms with Crippen LogP contribution in [0.25, 0.3) is 11.0 Å². The molecule has 0 spiro atoms. The molecule has 0 aliphatic rings. The van der Waals surface area contributed by atoms with Crippen LogP contribution in [0.4, 0.5) is 4.79 Å². The molecule has 1 aromatic heterocycles. The molecule has 0 N–H and O–H groups in total. The van der Waals surface area contributed by atoms with Gasteiger partial charge in [0.1, 0.15) is 17.8 Å². The standard InChI is InChI=1S/C13H18N4O2/c1-13(2,3)19-12(18)16(4)9-17-11-8-6-5-7-10(11)14-15-17/h5-8H,9H2,1-4H3. The summed E-state index contributed by atoms with van der Waals surface area (Å²) in [5.74, 6) is 0. The van der Waals surface area contributed by atoms with Crippen molar-refractivity contribution in [2.75, 3.05) is 7.05 Å². The van der Waals surface area contributed by atoms with E-state index < -0.39 is 5.60 Å². The molecule has 0 atom stereocenters. The van der Waals surface area contributed by atoms with Crippen molar-refractivity contribution in [3.63, 3.8) is 0 Å². The predicted octanol–water partition coefficient (Wildman–Crippen LogP) is 2.26. The Labute approximate surface area is 111 Å². The van der Waals surface area contributed by atoms with Gasteiger partial charge in [0.05, 0.1) is 5.52 Å². The lowest BCUT2D eigenvalue weighted by molar-refractivity contribution is 0.0240. The zero-order valence-electron chi connectivity index (χ0n) is 11.6. The van der Waals surface area contributed by atoms with Crippen molar-refractivity contribution < 1.29 is 9.53 Å². The molecular weight excluding hydrogens is 244 g/mol. The Morgan fingerprint density at radius 2 is 2.05 bits per heavy atom. The zero-order valence-corrected chi connectivity index (χ0v) is 11.6. The molecule has 19 heavy (non-hydrogen) atoms. The Balaban J connectivity index is 2.10. The maximum atomic E-state index is 11.9. The van der Waals surface area contributed by atoms with E-state index in [-0.39, 0.29) is 6.09 Å². The number of para-hydroxylation sites is 1. The van der Waals surface area contributed by atoms with Crippen molar-refractivity contribution in [3.05, 3.63) is 24.3 Å². The number of aromatic nitrogens is 3. The molecular formula is C13H18N4O2. The lowest BCUT2D eigenvalue weighted by Gasteiger charge is -2.24. The van der Waals surface area contributed by atoms with Crippen molar-refractivity contribution >= 4 is 17.1 Å². The van der Waals surface area contributed by atoms with E-state index in [0.717, 1.165) is 11.0 Å². The fourth-order valence-electron chi connectivity index (χ4n) is 1.62. The number of carbonyl (C=O) groups excluding carboxylic acids is 1. The molecule has 6 nitrogen and oxygen atoms in total. The van der Waals surface area contributed by atoms with Gasteiger partial charge in [0.15, 0.2) is 0 Å². The third-order valence-corrected chi connectivity index (χ3v) is 2.47. The van der Waals surface area contributed by atoms with Gasteiger partial charge in [-0.15, -0.1) is 5.10 Å². The second kappa shape index (κ2) is 4.87. The highest BCUT2D eigenvalue weighted by Gasteiger charge is 2.20. The van der Waals surface area contributed by atoms with E-state index in [1.807, 2.05) is 45.0 Å². The number of nitrogens with zero attached hydrogens (tertiary/aromatic N) is 4. The summed E-state index contributed by atoms with van der Waals surface area (Å²) in [6.07, 6.45) is -0.382. The minimum Gasteiger partial charge on any atom is -0.444 e. The smallest absolute Gasteiger partial charge is 0.411 e. The topological polar surface area (TPSA) is 60.2 Å². The van der Waals surface area contributed by atoms with E-state index in [9.17, 15) is 4.79 Å². The largest absolute Gasteiger partial charge is 0.444 e. The first-order valence-electron chi connectivity index (χ1n) is 6.09. The fraction of sp³-hybridized carbons (Fsp3) is 0.462. The summed E-state index contributed by atoms with van der Waals surface area (Å²) >= 11 is 0. The zero-order chi connectivity index (χ0) is 14.0. The molecule has 0 fully saturated rings. The molecule has 6 heteroatoms. The number of carbonyl (C=O) groups is 1. The Bertz CT molecular complexity index is 586. The molecule has 2 aromatic rings. The Hall–Kier alpha value is -2.11. The summed E-state index contributed by atoms with van der Waals surface area (Å²) in [6, 6.07) is 7.61. The molecule has 102 valence electrons. The highest BCUT2D eigenvalue weighted by atomic mass is 16.6. The number of fused-ring (bicyclic) bond motifs is 1. The molecule has 0 unspecified atom stereocenters. The molecule has 0 saturated heterocycles. The summed E-state index contributed by atoms with van der Waals surface area (Å²) in [7, 11) is 1.67. The maximum absolute atomic E-state index is 11.9. The van der Waals surface area contributed by atoms with Crippen LogP contribution < -0.4 is 0 Å². The monoisotopic (exact) mass is 262 g/mol. The van der Waals surface area contributed by atoms with Crippen LogP contribution in [-0.4, -0.2) is 38.6 Å². The second-order valence-corrected chi connectivity index (χ2v) is 5.40. The fourth-order valence-corrected chi connectivity index (χ4v) is 1.62. The SMILES string of the molecule is CN(Cn1nnc2ccccc21)C(=O)OC(C)(C)C. The highest BCUT2D eigenvalue weighted by Crippen LogP contribution is 2.12. The maximum Gasteiger partial charge on any atom is 0.411 e. The van der Waals surface area contributed by atoms with Crippen molar-refractivity contribution in [2.24, 2.45) is 0 Å². The molecule has 0 bridgehead atoms. The third kappa shape index (κ3) is 3.21. The Morgan fingerprint density at radius 3 is 2.74 bits per heavy atom. The lowest BCUT2D eigenvalue weighted by Crippen LogP contribution is -2.35. The van der Waals surface area contributed by atoms with Gasteiger partial charge in [-0.3, -0.25) is 4.90 Å². The van der Waals surface area contributed by atoms with Crippen molar-refractivity contribution in [3.8, 4) is 0 Å². The number of hydrogen-bond acceptors (Lipinski definition) is 4. The molecule has 0 saturated carbocycles. The average Bonchev–Trinajstić information content (AvgIpc) is 2.70. The van der Waals surface area contributed by atoms with E-state index in [0.29, 0.717) is 6.67 Å². The molecule has 2 rings (SSSR count). The average molecular weight is 262 g/mol. The van der Waals surface area contributed by atoms with Gasteiger partial charge in [-0.25, -0.2) is 9.48 Å². The second-order valence-electron chi connectivity index (χ2n) is 5.40. The Morgan fingerprint density at radius 1 is 1.37 bits per heavy atom. The van der Waals surface area contributed by atoms with Crippen LogP contribution in [0, 0.1) is 0 Å². The number of benzene rings is 1. The molecule has 1 amide bonds. The van der Waals surface area contributed by atoms with E-state index >= 15 is 0 Å². The molecule has 0 radical (unpaired) electrons. The van der Waals surface area contributed by atoms with Crippen LogP contribution in [0.2, 0.25) is 0 Å². The van der Waals surface area contributed by atoms with Crippen LogP contribution in [0.5, 0.6) is 0 Å². The molecule has 0 aliphatic heterocycles. The number of amides is 1. The summed E-state index contributed by atoms with van der Waals surface area (Å²) in [5.41, 5.74) is 1.19. The van der Waals surface area contributed by atoms with Crippen LogP contribution in [0.3, 0.4) is 0 Å². The minimum absolute atomic E-state index is 0.301. The number of ether oxygens (including phenoxy) is 1. The quantitative estimate of drug-likeness (QED) is 0.833. The van der Waals surface area contributed by atoms with Crippen LogP contribution in [0.15, 0.2) is 24.3 Å². The van der Waals surface area contributed by atoms with Gasteiger partial charge in [-0.05, 0) is 32.9 Å². The number of hydrogen-bond donors (Lipinski definition) is 0. The van der Waals surface area contributed by atoms with Gasteiger partial charge in [-0.2, -0.15) is 0 Å². The third-order valence-electron chi connectivity index (χ3n) is 2.47. The van der Waals surface area contributed by atoms with Crippen molar-refractivity contribution in [1.29, 1.82) is 0 Å². The summed E-state index contributed by atoms with van der Waals surface area (Å²) in [6.45, 7) is 5.81. The first-order valence-corrected chi connectivity index (χ1v) is 6.09. The highest BCUT2D eigenvalue weighted by molar-refractivity contribution is 5.74. The van der Waals surface area contributed by atoms with Crippen LogP contribution in [-0.2, 0) is 11.4 Å². The minimum atomic E-state index is -0.504. The van der Waals surface area contributed by atoms with E-state index in [2.05, 4.69) is 10.3 Å². The summed E-state index contributed by atoms with van der Waals surface area (Å²) in [5, 5.41) is 8.07. The lowest BCUT2D eigenvalue weighted by atomic mass is 10.2. The van der Waals surface area contributed by atoms with E-state index in [1.165, 1.54) is 4.90 Å². The first kappa shape index (κ1) is 13.3. The molecule has 1 heterocycles. The first-order chi connectivity index (χ1) is 8.87. The van der Waals surface area contributed by atoms with Gasteiger partial charge >= 0.3 is 6.09 Å². The summed E-state index contributed by atoms with van der Waals surface area (Å²) < 4.78 is 6.95. The normalized spacial score (nSPS) is 11.6. The van der Waals surface area contributed by atoms with Gasteiger partial charge in [-0.1, -0.05) is 17.3 Å².